The minimum absolute atomic E-state index is 0.790. The van der Waals surface area contributed by atoms with Gasteiger partial charge in [-0.3, -0.25) is 9.59 Å². The number of aliphatic hydroxyl groups is 15. The van der Waals surface area contributed by atoms with Crippen LogP contribution in [-0.4, -0.2) is 275 Å². The van der Waals surface area contributed by atoms with Gasteiger partial charge in [0.2, 0.25) is 5.79 Å². The lowest BCUT2D eigenvalue weighted by Gasteiger charge is -2.50. The molecule has 28 heteroatoms. The first kappa shape index (κ1) is 51.0. The SMILES string of the molecule is CC(=O)OC[C@H]1O[C@@H](O[C@H]2[C@H](O)[C@@H](COC(C)=O)O[C@H](O[C@]3(CO)O[C@H](CO)[C@@H](O)[C@@H]3O)[C@@H]2O[C@@H]2O[C@H](CO)[C@@H](O)[C@H](O)[C@H]2O)[C@H](O)[C@@H](O[C@@H]2O[C@H](CO)[C@@H](O)[C@H](O)[C@H]2O)[C@@H]1O. The Bertz CT molecular complexity index is 1440. The van der Waals surface area contributed by atoms with Crippen LogP contribution in [0.2, 0.25) is 0 Å². The van der Waals surface area contributed by atoms with Crippen molar-refractivity contribution in [3.05, 3.63) is 0 Å². The molecule has 24 atom stereocenters. The quantitative estimate of drug-likeness (QED) is 0.0639. The molecule has 5 aliphatic rings. The third-order valence-corrected chi connectivity index (χ3v) is 11.0. The first-order valence-electron chi connectivity index (χ1n) is 19.4. The lowest BCUT2D eigenvalue weighted by molar-refractivity contribution is -0.424. The standard InChI is InChI=1S/C34H56O28/c1-9(39)52-6-14-18(43)26(58-30-23(48)21(46)16(41)11(3-35)54-30)25(50)32(56-14)59-27-19(44)15(7-53-10(2)40)57-33(62-34(8-38)29(51)20(45)13(5-37)61-34)28(27)60-31-24(49)22(47)17(42)12(4-36)55-31/h11-33,35-38,41-51H,3-8H2,1-2H3/t11-,12-,13-,14-,15-,16-,17-,18-,19-,20-,21+,22+,23-,24-,25-,26+,27+,28-,29+,30+,31+,32+,33-,34+/m1/s1. The molecule has 5 saturated heterocycles. The molecule has 0 aliphatic carbocycles. The van der Waals surface area contributed by atoms with Gasteiger partial charge in [-0.15, -0.1) is 0 Å². The third kappa shape index (κ3) is 10.6. The summed E-state index contributed by atoms with van der Waals surface area (Å²) in [6.45, 7) is -3.73. The van der Waals surface area contributed by atoms with Crippen molar-refractivity contribution in [2.75, 3.05) is 39.6 Å². The van der Waals surface area contributed by atoms with Gasteiger partial charge in [-0.2, -0.15) is 0 Å². The van der Waals surface area contributed by atoms with Crippen molar-refractivity contribution in [2.24, 2.45) is 0 Å². The summed E-state index contributed by atoms with van der Waals surface area (Å²) >= 11 is 0. The zero-order chi connectivity index (χ0) is 46.0. The Hall–Kier alpha value is -2.02. The molecule has 0 bridgehead atoms. The normalized spacial score (nSPS) is 48.8. The van der Waals surface area contributed by atoms with E-state index in [0.29, 0.717) is 0 Å². The van der Waals surface area contributed by atoms with E-state index >= 15 is 0 Å². The second kappa shape index (κ2) is 21.5. The molecule has 5 fully saturated rings. The van der Waals surface area contributed by atoms with Crippen LogP contribution >= 0.6 is 0 Å². The molecule has 28 nitrogen and oxygen atoms in total. The van der Waals surface area contributed by atoms with Crippen LogP contribution in [0.25, 0.3) is 0 Å². The van der Waals surface area contributed by atoms with E-state index in [1.807, 2.05) is 0 Å². The van der Waals surface area contributed by atoms with Crippen LogP contribution in [0.1, 0.15) is 13.8 Å². The van der Waals surface area contributed by atoms with E-state index in [0.717, 1.165) is 13.8 Å². The highest BCUT2D eigenvalue weighted by Crippen LogP contribution is 2.40. The molecule has 0 radical (unpaired) electrons. The summed E-state index contributed by atoms with van der Waals surface area (Å²) in [5.74, 6) is -4.51. The molecule has 0 spiro atoms. The summed E-state index contributed by atoms with van der Waals surface area (Å²) < 4.78 is 61.6. The fourth-order valence-corrected chi connectivity index (χ4v) is 7.43. The van der Waals surface area contributed by atoms with E-state index in [1.165, 1.54) is 0 Å². The van der Waals surface area contributed by atoms with Gasteiger partial charge < -0.3 is 129 Å². The van der Waals surface area contributed by atoms with Crippen LogP contribution in [0, 0.1) is 0 Å². The second-order valence-corrected chi connectivity index (χ2v) is 15.2. The van der Waals surface area contributed by atoms with Gasteiger partial charge in [0.05, 0.1) is 19.8 Å². The predicted octanol–water partition coefficient (Wildman–Crippen LogP) is -10.8. The summed E-state index contributed by atoms with van der Waals surface area (Å²) in [5.41, 5.74) is 0. The third-order valence-electron chi connectivity index (χ3n) is 11.0. The predicted molar refractivity (Wildman–Crippen MR) is 186 cm³/mol. The van der Waals surface area contributed by atoms with Crippen LogP contribution in [0.5, 0.6) is 0 Å². The first-order valence-corrected chi connectivity index (χ1v) is 19.4. The Morgan fingerprint density at radius 3 is 1.29 bits per heavy atom. The molecule has 360 valence electrons. The Morgan fingerprint density at radius 2 is 0.855 bits per heavy atom. The largest absolute Gasteiger partial charge is 0.463 e. The number of rotatable bonds is 16. The van der Waals surface area contributed by atoms with Crippen molar-refractivity contribution in [3.63, 3.8) is 0 Å². The molecule has 0 aromatic heterocycles. The van der Waals surface area contributed by atoms with Crippen molar-refractivity contribution in [3.8, 4) is 0 Å². The van der Waals surface area contributed by atoms with Gasteiger partial charge in [-0.25, -0.2) is 0 Å². The number of hydrogen-bond acceptors (Lipinski definition) is 28. The lowest BCUT2D eigenvalue weighted by Crippen LogP contribution is -2.69. The lowest BCUT2D eigenvalue weighted by atomic mass is 9.95. The van der Waals surface area contributed by atoms with Crippen LogP contribution in [0.15, 0.2) is 0 Å². The van der Waals surface area contributed by atoms with Crippen LogP contribution in [0.3, 0.4) is 0 Å². The topological polar surface area (TPSA) is 439 Å². The van der Waals surface area contributed by atoms with Crippen molar-refractivity contribution in [2.45, 2.75) is 161 Å². The van der Waals surface area contributed by atoms with E-state index in [1.54, 1.807) is 0 Å². The Kier molecular flexibility index (Phi) is 17.7. The average molecular weight is 913 g/mol. The van der Waals surface area contributed by atoms with Crippen molar-refractivity contribution in [1.82, 2.24) is 0 Å². The zero-order valence-electron chi connectivity index (χ0n) is 33.0. The van der Waals surface area contributed by atoms with Gasteiger partial charge in [-0.1, -0.05) is 0 Å². The van der Waals surface area contributed by atoms with Crippen molar-refractivity contribution in [1.29, 1.82) is 0 Å². The zero-order valence-corrected chi connectivity index (χ0v) is 33.0. The summed E-state index contributed by atoms with van der Waals surface area (Å²) in [6, 6.07) is 0. The molecule has 0 aromatic carbocycles. The monoisotopic (exact) mass is 912 g/mol. The Labute approximate surface area is 350 Å². The highest BCUT2D eigenvalue weighted by atomic mass is 16.8. The summed E-state index contributed by atoms with van der Waals surface area (Å²) in [4.78, 5) is 23.7. The van der Waals surface area contributed by atoms with Gasteiger partial charge in [0.25, 0.3) is 0 Å². The molecular formula is C34H56O28. The van der Waals surface area contributed by atoms with E-state index in [-0.39, 0.29) is 0 Å². The number of aliphatic hydroxyl groups excluding tert-OH is 15. The smallest absolute Gasteiger partial charge is 0.302 e. The highest BCUT2D eigenvalue weighted by Gasteiger charge is 2.61. The summed E-state index contributed by atoms with van der Waals surface area (Å²) in [7, 11) is 0. The fourth-order valence-electron chi connectivity index (χ4n) is 7.43. The maximum Gasteiger partial charge on any atom is 0.302 e. The maximum atomic E-state index is 11.9. The number of esters is 2. The molecule has 0 saturated carbocycles. The molecular weight excluding hydrogens is 856 g/mol. The van der Waals surface area contributed by atoms with E-state index in [9.17, 15) is 86.2 Å². The summed E-state index contributed by atoms with van der Waals surface area (Å²) in [6.07, 6.45) is -45.7. The second-order valence-electron chi connectivity index (χ2n) is 15.2. The molecule has 5 aliphatic heterocycles. The van der Waals surface area contributed by atoms with Crippen LogP contribution in [-0.2, 0) is 61.7 Å². The molecule has 5 rings (SSSR count). The Balaban J connectivity index is 1.56. The van der Waals surface area contributed by atoms with Crippen molar-refractivity contribution < 1.29 is 138 Å². The van der Waals surface area contributed by atoms with Gasteiger partial charge in [0, 0.05) is 13.8 Å². The fraction of sp³-hybridized carbons (Fsp3) is 0.941. The molecule has 62 heavy (non-hydrogen) atoms. The van der Waals surface area contributed by atoms with Crippen LogP contribution in [0.4, 0.5) is 0 Å². The summed E-state index contributed by atoms with van der Waals surface area (Å²) in [5, 5.41) is 159. The van der Waals surface area contributed by atoms with Gasteiger partial charge >= 0.3 is 11.9 Å². The maximum absolute atomic E-state index is 11.9. The minimum atomic E-state index is -2.71. The van der Waals surface area contributed by atoms with Gasteiger partial charge in [-0.05, 0) is 0 Å². The molecule has 15 N–H and O–H groups in total. The Morgan fingerprint density at radius 1 is 0.452 bits per heavy atom. The van der Waals surface area contributed by atoms with E-state index in [2.05, 4.69) is 0 Å². The van der Waals surface area contributed by atoms with Gasteiger partial charge in [0.1, 0.15) is 136 Å². The highest BCUT2D eigenvalue weighted by molar-refractivity contribution is 5.66. The molecule has 5 heterocycles. The number of hydrogen-bond donors (Lipinski definition) is 15. The first-order chi connectivity index (χ1) is 29.2. The van der Waals surface area contributed by atoms with E-state index in [4.69, 9.17) is 52.1 Å². The number of carbonyl (C=O) groups is 2. The van der Waals surface area contributed by atoms with Crippen LogP contribution < -0.4 is 0 Å². The molecule has 0 unspecified atom stereocenters. The van der Waals surface area contributed by atoms with E-state index < -0.39 is 199 Å². The minimum Gasteiger partial charge on any atom is -0.463 e. The van der Waals surface area contributed by atoms with Gasteiger partial charge in [0.15, 0.2) is 25.2 Å². The molecule has 0 aromatic rings. The van der Waals surface area contributed by atoms with Crippen molar-refractivity contribution >= 4 is 11.9 Å². The number of carbonyl (C=O) groups excluding carboxylic acids is 2. The molecule has 0 amide bonds. The average Bonchev–Trinajstić information content (AvgIpc) is 3.48. The number of ether oxygens (including phenoxy) is 11.